The molecule has 0 unspecified atom stereocenters. The zero-order chi connectivity index (χ0) is 30.1. The van der Waals surface area contributed by atoms with Crippen molar-refractivity contribution in [3.8, 4) is 5.75 Å². The summed E-state index contributed by atoms with van der Waals surface area (Å²) in [4.78, 5) is 20.3. The lowest BCUT2D eigenvalue weighted by atomic mass is 9.96. The highest BCUT2D eigenvalue weighted by atomic mass is 16.5. The average Bonchev–Trinajstić information content (AvgIpc) is 3.55. The Morgan fingerprint density at radius 3 is 1.93 bits per heavy atom. The minimum absolute atomic E-state index is 0.0498. The zero-order valence-electron chi connectivity index (χ0n) is 25.2. The zero-order valence-corrected chi connectivity index (χ0v) is 25.2. The lowest BCUT2D eigenvalue weighted by Crippen LogP contribution is -2.49. The molecule has 0 bridgehead atoms. The van der Waals surface area contributed by atoms with Crippen LogP contribution < -0.4 is 4.74 Å². The number of benzene rings is 4. The molecule has 1 aliphatic heterocycles. The maximum Gasteiger partial charge on any atom is 0.289 e. The van der Waals surface area contributed by atoms with Crippen LogP contribution in [0, 0.1) is 0 Å². The van der Waals surface area contributed by atoms with Crippen molar-refractivity contribution >= 4 is 5.91 Å². The molecule has 0 N–H and O–H groups in total. The number of nitrogens with zero attached hydrogens (tertiary/aromatic N) is 3. The van der Waals surface area contributed by atoms with Crippen molar-refractivity contribution < 1.29 is 13.9 Å². The van der Waals surface area contributed by atoms with Gasteiger partial charge in [-0.3, -0.25) is 14.6 Å². The van der Waals surface area contributed by atoms with Gasteiger partial charge in [0, 0.05) is 44.8 Å². The highest BCUT2D eigenvalue weighted by Crippen LogP contribution is 2.30. The summed E-state index contributed by atoms with van der Waals surface area (Å²) in [6.45, 7) is 4.89. The molecule has 6 heteroatoms. The predicted molar refractivity (Wildman–Crippen MR) is 173 cm³/mol. The maximum absolute atomic E-state index is 13.6. The van der Waals surface area contributed by atoms with Crippen LogP contribution >= 0.6 is 0 Å². The van der Waals surface area contributed by atoms with Gasteiger partial charge in [-0.05, 0) is 34.9 Å². The Bertz CT molecular complexity index is 1570. The molecule has 44 heavy (non-hydrogen) atoms. The lowest BCUT2D eigenvalue weighted by Gasteiger charge is -2.39. The molecule has 0 saturated carbocycles. The highest BCUT2D eigenvalue weighted by Gasteiger charge is 2.29. The maximum atomic E-state index is 13.6. The highest BCUT2D eigenvalue weighted by molar-refractivity contribution is 5.91. The van der Waals surface area contributed by atoms with E-state index in [2.05, 4.69) is 101 Å². The van der Waals surface area contributed by atoms with Crippen molar-refractivity contribution in [3.63, 3.8) is 0 Å². The number of amides is 1. The van der Waals surface area contributed by atoms with Crippen LogP contribution in [-0.4, -0.2) is 53.9 Å². The van der Waals surface area contributed by atoms with E-state index in [1.54, 1.807) is 7.11 Å². The Kier molecular flexibility index (Phi) is 9.51. The third-order valence-corrected chi connectivity index (χ3v) is 8.28. The standard InChI is InChI=1S/C38H39N3O3/c1-43-35-20-12-11-19-33(35)28-39(27-30-13-5-2-6-14-30)29-34-21-22-36(44-34)38(42)41-25-23-40(24-26-41)37(31-15-7-3-8-16-31)32-17-9-4-10-18-32/h2-22,37H,23-29H2,1H3. The summed E-state index contributed by atoms with van der Waals surface area (Å²) < 4.78 is 11.8. The van der Waals surface area contributed by atoms with Gasteiger partial charge in [0.1, 0.15) is 11.5 Å². The number of piperazine rings is 1. The molecule has 1 amide bonds. The first kappa shape index (κ1) is 29.4. The third-order valence-electron chi connectivity index (χ3n) is 8.28. The first-order valence-electron chi connectivity index (χ1n) is 15.3. The van der Waals surface area contributed by atoms with E-state index >= 15 is 0 Å². The van der Waals surface area contributed by atoms with E-state index in [0.29, 0.717) is 31.9 Å². The fourth-order valence-electron chi connectivity index (χ4n) is 6.11. The van der Waals surface area contributed by atoms with Gasteiger partial charge in [0.25, 0.3) is 5.91 Å². The summed E-state index contributed by atoms with van der Waals surface area (Å²) in [7, 11) is 1.70. The summed E-state index contributed by atoms with van der Waals surface area (Å²) >= 11 is 0. The molecule has 6 rings (SSSR count). The quantitative estimate of drug-likeness (QED) is 0.166. The van der Waals surface area contributed by atoms with Crippen LogP contribution in [0.4, 0.5) is 0 Å². The van der Waals surface area contributed by atoms with Gasteiger partial charge >= 0.3 is 0 Å². The molecule has 1 aliphatic rings. The van der Waals surface area contributed by atoms with Crippen molar-refractivity contribution in [2.75, 3.05) is 33.3 Å². The molecule has 0 spiro atoms. The van der Waals surface area contributed by atoms with Crippen LogP contribution in [0.1, 0.15) is 44.6 Å². The van der Waals surface area contributed by atoms with E-state index < -0.39 is 0 Å². The van der Waals surface area contributed by atoms with E-state index in [4.69, 9.17) is 9.15 Å². The van der Waals surface area contributed by atoms with Gasteiger partial charge in [0.2, 0.25) is 0 Å². The summed E-state index contributed by atoms with van der Waals surface area (Å²) in [5, 5.41) is 0. The number of hydrogen-bond acceptors (Lipinski definition) is 5. The first-order valence-corrected chi connectivity index (χ1v) is 15.3. The molecule has 5 aromatic rings. The Labute approximate surface area is 260 Å². The van der Waals surface area contributed by atoms with Gasteiger partial charge in [-0.2, -0.15) is 0 Å². The molecule has 1 fully saturated rings. The molecular formula is C38H39N3O3. The van der Waals surface area contributed by atoms with Crippen LogP contribution in [0.25, 0.3) is 0 Å². The minimum atomic E-state index is -0.0498. The van der Waals surface area contributed by atoms with Crippen molar-refractivity contribution in [2.45, 2.75) is 25.7 Å². The van der Waals surface area contributed by atoms with Crippen LogP contribution in [-0.2, 0) is 19.6 Å². The van der Waals surface area contributed by atoms with Crippen LogP contribution in [0.3, 0.4) is 0 Å². The van der Waals surface area contributed by atoms with Crippen LogP contribution in [0.15, 0.2) is 132 Å². The summed E-state index contributed by atoms with van der Waals surface area (Å²) in [5.41, 5.74) is 4.85. The molecular weight excluding hydrogens is 546 g/mol. The van der Waals surface area contributed by atoms with Crippen LogP contribution in [0.2, 0.25) is 0 Å². The largest absolute Gasteiger partial charge is 0.496 e. The first-order chi connectivity index (χ1) is 21.7. The number of furan rings is 1. The molecule has 224 valence electrons. The monoisotopic (exact) mass is 585 g/mol. The summed E-state index contributed by atoms with van der Waals surface area (Å²) in [5.74, 6) is 1.98. The Hall–Kier alpha value is -4.65. The summed E-state index contributed by atoms with van der Waals surface area (Å²) in [6, 6.07) is 43.7. The van der Waals surface area contributed by atoms with E-state index in [-0.39, 0.29) is 11.9 Å². The van der Waals surface area contributed by atoms with Gasteiger partial charge in [-0.15, -0.1) is 0 Å². The van der Waals surface area contributed by atoms with Gasteiger partial charge in [-0.25, -0.2) is 0 Å². The topological polar surface area (TPSA) is 49.2 Å². The van der Waals surface area contributed by atoms with Crippen LogP contribution in [0.5, 0.6) is 5.75 Å². The predicted octanol–water partition coefficient (Wildman–Crippen LogP) is 7.04. The fraction of sp³-hybridized carbons (Fsp3) is 0.237. The van der Waals surface area contributed by atoms with E-state index in [0.717, 1.165) is 36.7 Å². The van der Waals surface area contributed by atoms with Gasteiger partial charge in [-0.1, -0.05) is 109 Å². The van der Waals surface area contributed by atoms with Crippen molar-refractivity contribution in [3.05, 3.63) is 161 Å². The number of ether oxygens (including phenoxy) is 1. The SMILES string of the molecule is COc1ccccc1CN(Cc1ccccc1)Cc1ccc(C(=O)N2CCN(C(c3ccccc3)c3ccccc3)CC2)o1. The molecule has 0 aliphatic carbocycles. The van der Waals surface area contributed by atoms with Gasteiger partial charge < -0.3 is 14.1 Å². The Balaban J connectivity index is 1.12. The third kappa shape index (κ3) is 7.10. The second-order valence-electron chi connectivity index (χ2n) is 11.3. The van der Waals surface area contributed by atoms with E-state index in [1.165, 1.54) is 16.7 Å². The molecule has 4 aromatic carbocycles. The molecule has 6 nitrogen and oxygen atoms in total. The second kappa shape index (κ2) is 14.2. The number of methoxy groups -OCH3 is 1. The summed E-state index contributed by atoms with van der Waals surface area (Å²) in [6.07, 6.45) is 0. The number of carbonyl (C=O) groups is 1. The lowest BCUT2D eigenvalue weighted by molar-refractivity contribution is 0.0564. The van der Waals surface area contributed by atoms with Crippen molar-refractivity contribution in [1.82, 2.24) is 14.7 Å². The minimum Gasteiger partial charge on any atom is -0.496 e. The molecule has 1 saturated heterocycles. The normalized spacial score (nSPS) is 13.8. The molecule has 0 radical (unpaired) electrons. The molecule has 1 aromatic heterocycles. The molecule has 2 heterocycles. The number of rotatable bonds is 11. The number of carbonyl (C=O) groups excluding carboxylic acids is 1. The van der Waals surface area contributed by atoms with E-state index in [1.807, 2.05) is 41.3 Å². The van der Waals surface area contributed by atoms with Crippen molar-refractivity contribution in [2.24, 2.45) is 0 Å². The number of para-hydroxylation sites is 1. The fourth-order valence-corrected chi connectivity index (χ4v) is 6.11. The second-order valence-corrected chi connectivity index (χ2v) is 11.3. The Morgan fingerprint density at radius 2 is 1.30 bits per heavy atom. The smallest absolute Gasteiger partial charge is 0.289 e. The van der Waals surface area contributed by atoms with E-state index in [9.17, 15) is 4.79 Å². The average molecular weight is 586 g/mol. The molecule has 0 atom stereocenters. The Morgan fingerprint density at radius 1 is 0.705 bits per heavy atom. The van der Waals surface area contributed by atoms with Gasteiger partial charge in [0.15, 0.2) is 5.76 Å². The van der Waals surface area contributed by atoms with Crippen molar-refractivity contribution in [1.29, 1.82) is 0 Å². The van der Waals surface area contributed by atoms with Gasteiger partial charge in [0.05, 0.1) is 19.7 Å². The number of hydrogen-bond donors (Lipinski definition) is 0.